The van der Waals surface area contributed by atoms with Crippen molar-refractivity contribution < 1.29 is 19.5 Å². The number of imide groups is 1. The van der Waals surface area contributed by atoms with Crippen molar-refractivity contribution in [2.75, 3.05) is 11.9 Å². The average molecular weight is 482 g/mol. The summed E-state index contributed by atoms with van der Waals surface area (Å²) in [5, 5.41) is 12.4. The first-order valence-electron chi connectivity index (χ1n) is 7.83. The van der Waals surface area contributed by atoms with Crippen LogP contribution in [-0.2, 0) is 0 Å². The molecule has 0 aromatic heterocycles. The van der Waals surface area contributed by atoms with Gasteiger partial charge in [0.25, 0.3) is 17.7 Å². The lowest BCUT2D eigenvalue weighted by atomic mass is 10.1. The second-order valence-electron chi connectivity index (χ2n) is 5.76. The fourth-order valence-electron chi connectivity index (χ4n) is 2.70. The molecule has 0 saturated carbocycles. The highest BCUT2D eigenvalue weighted by molar-refractivity contribution is 9.11. The van der Waals surface area contributed by atoms with Crippen molar-refractivity contribution in [2.45, 2.75) is 13.3 Å². The number of benzene rings is 2. The second kappa shape index (κ2) is 7.20. The molecule has 8 heteroatoms. The summed E-state index contributed by atoms with van der Waals surface area (Å²) in [6.07, 6.45) is 0.670. The zero-order valence-corrected chi connectivity index (χ0v) is 16.8. The van der Waals surface area contributed by atoms with Gasteiger partial charge in [0.05, 0.1) is 20.1 Å². The Balaban J connectivity index is 1.87. The van der Waals surface area contributed by atoms with Crippen LogP contribution in [0.3, 0.4) is 0 Å². The highest BCUT2D eigenvalue weighted by atomic mass is 79.9. The SMILES string of the molecule is CCCN1C(=O)c2ccc(C(=O)Nc3cc(Br)c(O)c(Br)c3)cc2C1=O. The smallest absolute Gasteiger partial charge is 0.261 e. The summed E-state index contributed by atoms with van der Waals surface area (Å²) >= 11 is 6.40. The number of hydrogen-bond acceptors (Lipinski definition) is 4. The monoisotopic (exact) mass is 480 g/mol. The molecule has 134 valence electrons. The molecule has 0 aliphatic carbocycles. The number of phenols is 1. The average Bonchev–Trinajstić information content (AvgIpc) is 2.84. The van der Waals surface area contributed by atoms with Gasteiger partial charge in [-0.2, -0.15) is 0 Å². The molecule has 0 bridgehead atoms. The minimum atomic E-state index is -0.425. The third kappa shape index (κ3) is 3.26. The van der Waals surface area contributed by atoms with E-state index in [9.17, 15) is 19.5 Å². The van der Waals surface area contributed by atoms with Crippen molar-refractivity contribution in [3.05, 3.63) is 56.0 Å². The van der Waals surface area contributed by atoms with Gasteiger partial charge in [-0.05, 0) is 68.6 Å². The molecule has 0 atom stereocenters. The highest BCUT2D eigenvalue weighted by Crippen LogP contribution is 2.35. The number of fused-ring (bicyclic) bond motifs is 1. The summed E-state index contributed by atoms with van der Waals surface area (Å²) in [6.45, 7) is 2.24. The van der Waals surface area contributed by atoms with Crippen LogP contribution in [0.2, 0.25) is 0 Å². The van der Waals surface area contributed by atoms with E-state index >= 15 is 0 Å². The van der Waals surface area contributed by atoms with Crippen molar-refractivity contribution in [2.24, 2.45) is 0 Å². The number of carbonyl (C=O) groups excluding carboxylic acids is 3. The van der Waals surface area contributed by atoms with Crippen LogP contribution in [0.25, 0.3) is 0 Å². The molecule has 0 fully saturated rings. The van der Waals surface area contributed by atoms with E-state index in [1.807, 2.05) is 6.92 Å². The summed E-state index contributed by atoms with van der Waals surface area (Å²) in [5.74, 6) is -1.10. The molecule has 0 spiro atoms. The van der Waals surface area contributed by atoms with E-state index in [1.165, 1.54) is 23.1 Å². The molecule has 2 aromatic carbocycles. The van der Waals surface area contributed by atoms with Gasteiger partial charge < -0.3 is 10.4 Å². The van der Waals surface area contributed by atoms with Gasteiger partial charge in [-0.25, -0.2) is 0 Å². The molecule has 2 N–H and O–H groups in total. The van der Waals surface area contributed by atoms with Crippen LogP contribution in [0.4, 0.5) is 5.69 Å². The standard InChI is InChI=1S/C18H14Br2N2O4/c1-2-5-22-17(25)11-4-3-9(6-12(11)18(22)26)16(24)21-10-7-13(19)15(23)14(20)8-10/h3-4,6-8,23H,2,5H2,1H3,(H,21,24). The zero-order chi connectivity index (χ0) is 19.0. The van der Waals surface area contributed by atoms with Crippen LogP contribution in [0, 0.1) is 0 Å². The van der Waals surface area contributed by atoms with Crippen LogP contribution in [0.1, 0.15) is 44.4 Å². The first-order chi connectivity index (χ1) is 12.3. The first kappa shape index (κ1) is 18.6. The van der Waals surface area contributed by atoms with Gasteiger partial charge in [-0.15, -0.1) is 0 Å². The molecule has 1 heterocycles. The molecule has 3 rings (SSSR count). The molecule has 26 heavy (non-hydrogen) atoms. The van der Waals surface area contributed by atoms with Crippen molar-refractivity contribution in [1.82, 2.24) is 4.90 Å². The van der Waals surface area contributed by atoms with Crippen molar-refractivity contribution in [3.63, 3.8) is 0 Å². The van der Waals surface area contributed by atoms with Gasteiger partial charge in [0.15, 0.2) is 0 Å². The lowest BCUT2D eigenvalue weighted by molar-refractivity contribution is 0.0654. The first-order valence-corrected chi connectivity index (χ1v) is 9.41. The summed E-state index contributed by atoms with van der Waals surface area (Å²) < 4.78 is 0.847. The highest BCUT2D eigenvalue weighted by Gasteiger charge is 2.35. The van der Waals surface area contributed by atoms with E-state index in [0.717, 1.165) is 0 Å². The normalized spacial score (nSPS) is 13.1. The number of anilines is 1. The predicted octanol–water partition coefficient (Wildman–Crippen LogP) is 4.18. The van der Waals surface area contributed by atoms with Gasteiger partial charge in [0.2, 0.25) is 0 Å². The largest absolute Gasteiger partial charge is 0.506 e. The predicted molar refractivity (Wildman–Crippen MR) is 104 cm³/mol. The Morgan fingerprint density at radius 3 is 2.31 bits per heavy atom. The lowest BCUT2D eigenvalue weighted by Gasteiger charge is -2.11. The number of aromatic hydroxyl groups is 1. The van der Waals surface area contributed by atoms with E-state index in [2.05, 4.69) is 37.2 Å². The molecule has 6 nitrogen and oxygen atoms in total. The van der Waals surface area contributed by atoms with Crippen molar-refractivity contribution in [1.29, 1.82) is 0 Å². The Bertz CT molecular complexity index is 920. The maximum atomic E-state index is 12.5. The molecule has 2 aromatic rings. The lowest BCUT2D eigenvalue weighted by Crippen LogP contribution is -2.30. The van der Waals surface area contributed by atoms with E-state index in [1.54, 1.807) is 12.1 Å². The molecule has 0 unspecified atom stereocenters. The number of phenolic OH excluding ortho intramolecular Hbond substituents is 1. The number of rotatable bonds is 4. The summed E-state index contributed by atoms with van der Waals surface area (Å²) in [5.41, 5.74) is 1.28. The number of amides is 3. The van der Waals surface area contributed by atoms with Crippen molar-refractivity contribution in [3.8, 4) is 5.75 Å². The fraction of sp³-hybridized carbons (Fsp3) is 0.167. The van der Waals surface area contributed by atoms with E-state index in [0.29, 0.717) is 33.2 Å². The summed E-state index contributed by atoms with van der Waals surface area (Å²) in [6, 6.07) is 7.57. The third-order valence-corrected chi connectivity index (χ3v) is 5.16. The van der Waals surface area contributed by atoms with Gasteiger partial charge in [-0.3, -0.25) is 19.3 Å². The second-order valence-corrected chi connectivity index (χ2v) is 7.47. The van der Waals surface area contributed by atoms with Crippen LogP contribution in [0.5, 0.6) is 5.75 Å². The Labute approximate surface area is 166 Å². The van der Waals surface area contributed by atoms with Crippen LogP contribution in [0.15, 0.2) is 39.3 Å². The van der Waals surface area contributed by atoms with Crippen LogP contribution < -0.4 is 5.32 Å². The number of hydrogen-bond donors (Lipinski definition) is 2. The molecular weight excluding hydrogens is 468 g/mol. The van der Waals surface area contributed by atoms with Crippen LogP contribution >= 0.6 is 31.9 Å². The van der Waals surface area contributed by atoms with E-state index in [-0.39, 0.29) is 28.7 Å². The molecule has 1 aliphatic rings. The number of nitrogens with zero attached hydrogens (tertiary/aromatic N) is 1. The minimum absolute atomic E-state index is 0.0284. The molecular formula is C18H14Br2N2O4. The quantitative estimate of drug-likeness (QED) is 0.506. The van der Waals surface area contributed by atoms with Gasteiger partial charge in [-0.1, -0.05) is 6.92 Å². The third-order valence-electron chi connectivity index (χ3n) is 3.95. The fourth-order valence-corrected chi connectivity index (χ4v) is 3.89. The Hall–Kier alpha value is -2.19. The summed E-state index contributed by atoms with van der Waals surface area (Å²) in [7, 11) is 0. The van der Waals surface area contributed by atoms with Gasteiger partial charge in [0.1, 0.15) is 5.75 Å². The maximum absolute atomic E-state index is 12.5. The molecule has 1 aliphatic heterocycles. The Morgan fingerprint density at radius 2 is 1.69 bits per heavy atom. The number of halogens is 2. The van der Waals surface area contributed by atoms with E-state index < -0.39 is 5.91 Å². The number of carbonyl (C=O) groups is 3. The minimum Gasteiger partial charge on any atom is -0.506 e. The molecule has 0 saturated heterocycles. The molecule has 0 radical (unpaired) electrons. The summed E-state index contributed by atoms with van der Waals surface area (Å²) in [4.78, 5) is 38.3. The zero-order valence-electron chi connectivity index (χ0n) is 13.7. The Kier molecular flexibility index (Phi) is 5.15. The molecule has 3 amide bonds. The maximum Gasteiger partial charge on any atom is 0.261 e. The van der Waals surface area contributed by atoms with Gasteiger partial charge in [0, 0.05) is 17.8 Å². The van der Waals surface area contributed by atoms with E-state index in [4.69, 9.17) is 0 Å². The Morgan fingerprint density at radius 1 is 1.08 bits per heavy atom. The van der Waals surface area contributed by atoms with Crippen LogP contribution in [-0.4, -0.2) is 34.3 Å². The van der Waals surface area contributed by atoms with Gasteiger partial charge >= 0.3 is 0 Å². The number of nitrogens with one attached hydrogen (secondary N) is 1. The van der Waals surface area contributed by atoms with Crippen molar-refractivity contribution >= 4 is 55.3 Å². The topological polar surface area (TPSA) is 86.7 Å².